The maximum atomic E-state index is 12.2. The number of carbonyl (C=O) groups excluding carboxylic acids is 1. The zero-order valence-corrected chi connectivity index (χ0v) is 10.2. The summed E-state index contributed by atoms with van der Waals surface area (Å²) < 4.78 is 0. The molecule has 2 fully saturated rings. The Bertz CT molecular complexity index is 331. The van der Waals surface area contributed by atoms with Crippen molar-refractivity contribution >= 4 is 5.91 Å². The van der Waals surface area contributed by atoms with Gasteiger partial charge in [0.2, 0.25) is 5.91 Å². The lowest BCUT2D eigenvalue weighted by Crippen LogP contribution is -2.57. The second-order valence-electron chi connectivity index (χ2n) is 5.27. The molecule has 88 valence electrons. The Morgan fingerprint density at radius 2 is 1.81 bits per heavy atom. The van der Waals surface area contributed by atoms with Crippen LogP contribution in [0.15, 0.2) is 0 Å². The van der Waals surface area contributed by atoms with Crippen molar-refractivity contribution in [3.8, 4) is 6.07 Å². The fourth-order valence-electron chi connectivity index (χ4n) is 2.37. The molecule has 1 aliphatic carbocycles. The molecule has 4 nitrogen and oxygen atoms in total. The third-order valence-corrected chi connectivity index (χ3v) is 4.02. The van der Waals surface area contributed by atoms with E-state index in [4.69, 9.17) is 5.26 Å². The summed E-state index contributed by atoms with van der Waals surface area (Å²) in [5, 5.41) is 9.03. The smallest absolute Gasteiger partial charge is 0.243 e. The normalized spacial score (nSPS) is 33.2. The van der Waals surface area contributed by atoms with Crippen LogP contribution < -0.4 is 0 Å². The lowest BCUT2D eigenvalue weighted by Gasteiger charge is -2.43. The quantitative estimate of drug-likeness (QED) is 0.659. The van der Waals surface area contributed by atoms with E-state index in [1.165, 1.54) is 0 Å². The second kappa shape index (κ2) is 3.74. The summed E-state index contributed by atoms with van der Waals surface area (Å²) in [4.78, 5) is 16.4. The highest BCUT2D eigenvalue weighted by molar-refractivity contribution is 5.88. The standard InChI is InChI=1S/C12H19N3O/c1-9-6-15(7-10(2)14(9)3)11(16)12(8-13)4-5-12/h9-10H,4-7H2,1-3H3. The number of piperazine rings is 1. The molecule has 0 aromatic carbocycles. The highest BCUT2D eigenvalue weighted by atomic mass is 16.2. The predicted molar refractivity (Wildman–Crippen MR) is 60.5 cm³/mol. The molecule has 1 heterocycles. The van der Waals surface area contributed by atoms with Crippen LogP contribution in [0.3, 0.4) is 0 Å². The maximum absolute atomic E-state index is 12.2. The Balaban J connectivity index is 2.07. The summed E-state index contributed by atoms with van der Waals surface area (Å²) in [6, 6.07) is 2.94. The van der Waals surface area contributed by atoms with E-state index in [-0.39, 0.29) is 5.91 Å². The van der Waals surface area contributed by atoms with Crippen LogP contribution in [0.1, 0.15) is 26.7 Å². The molecular weight excluding hydrogens is 202 g/mol. The molecule has 0 aromatic heterocycles. The number of carbonyl (C=O) groups is 1. The van der Waals surface area contributed by atoms with Gasteiger partial charge >= 0.3 is 0 Å². The van der Waals surface area contributed by atoms with Gasteiger partial charge in [-0.15, -0.1) is 0 Å². The monoisotopic (exact) mass is 221 g/mol. The molecule has 1 amide bonds. The van der Waals surface area contributed by atoms with Gasteiger partial charge in [-0.2, -0.15) is 5.26 Å². The van der Waals surface area contributed by atoms with Crippen LogP contribution in [0.2, 0.25) is 0 Å². The van der Waals surface area contributed by atoms with Gasteiger partial charge in [-0.05, 0) is 33.7 Å². The number of amides is 1. The molecule has 0 spiro atoms. The molecule has 1 saturated heterocycles. The zero-order chi connectivity index (χ0) is 11.9. The second-order valence-corrected chi connectivity index (χ2v) is 5.27. The lowest BCUT2D eigenvalue weighted by molar-refractivity contribution is -0.138. The summed E-state index contributed by atoms with van der Waals surface area (Å²) in [6.45, 7) is 5.76. The largest absolute Gasteiger partial charge is 0.338 e. The molecule has 2 atom stereocenters. The van der Waals surface area contributed by atoms with E-state index in [0.717, 1.165) is 25.9 Å². The number of rotatable bonds is 1. The minimum absolute atomic E-state index is 0.0572. The highest BCUT2D eigenvalue weighted by Gasteiger charge is 2.53. The van der Waals surface area contributed by atoms with E-state index in [1.807, 2.05) is 4.90 Å². The van der Waals surface area contributed by atoms with Crippen LogP contribution in [0.5, 0.6) is 0 Å². The molecule has 1 aliphatic heterocycles. The van der Waals surface area contributed by atoms with Crippen molar-refractivity contribution in [3.05, 3.63) is 0 Å². The fraction of sp³-hybridized carbons (Fsp3) is 0.833. The molecule has 2 rings (SSSR count). The van der Waals surface area contributed by atoms with Gasteiger partial charge in [-0.3, -0.25) is 9.69 Å². The van der Waals surface area contributed by atoms with Gasteiger partial charge < -0.3 is 4.90 Å². The number of hydrogen-bond acceptors (Lipinski definition) is 3. The summed E-state index contributed by atoms with van der Waals surface area (Å²) in [5.74, 6) is 0.0572. The molecule has 2 aliphatic rings. The van der Waals surface area contributed by atoms with Gasteiger partial charge in [0.25, 0.3) is 0 Å². The summed E-state index contributed by atoms with van der Waals surface area (Å²) in [5.41, 5.74) is -0.657. The number of nitrogens with zero attached hydrogens (tertiary/aromatic N) is 3. The minimum atomic E-state index is -0.657. The number of hydrogen-bond donors (Lipinski definition) is 0. The minimum Gasteiger partial charge on any atom is -0.338 e. The van der Waals surface area contributed by atoms with E-state index in [2.05, 4.69) is 31.9 Å². The first-order chi connectivity index (χ1) is 7.50. The molecule has 16 heavy (non-hydrogen) atoms. The summed E-state index contributed by atoms with van der Waals surface area (Å²) in [7, 11) is 2.09. The van der Waals surface area contributed by atoms with Crippen molar-refractivity contribution in [1.82, 2.24) is 9.80 Å². The summed E-state index contributed by atoms with van der Waals surface area (Å²) >= 11 is 0. The van der Waals surface area contributed by atoms with Crippen LogP contribution in [0, 0.1) is 16.7 Å². The molecule has 0 radical (unpaired) electrons. The molecule has 0 aromatic rings. The summed E-state index contributed by atoms with van der Waals surface area (Å²) in [6.07, 6.45) is 1.49. The van der Waals surface area contributed by atoms with Gasteiger partial charge in [0.05, 0.1) is 6.07 Å². The van der Waals surface area contributed by atoms with Crippen LogP contribution in [-0.2, 0) is 4.79 Å². The van der Waals surface area contributed by atoms with E-state index < -0.39 is 5.41 Å². The molecule has 1 saturated carbocycles. The van der Waals surface area contributed by atoms with Crippen LogP contribution in [-0.4, -0.2) is 47.9 Å². The van der Waals surface area contributed by atoms with Gasteiger partial charge in [-0.1, -0.05) is 0 Å². The van der Waals surface area contributed by atoms with E-state index in [9.17, 15) is 4.79 Å². The van der Waals surface area contributed by atoms with Crippen molar-refractivity contribution in [2.45, 2.75) is 38.8 Å². The van der Waals surface area contributed by atoms with Crippen molar-refractivity contribution in [2.75, 3.05) is 20.1 Å². The lowest BCUT2D eigenvalue weighted by atomic mass is 10.0. The fourth-order valence-corrected chi connectivity index (χ4v) is 2.37. The molecule has 4 heteroatoms. The van der Waals surface area contributed by atoms with E-state index in [1.54, 1.807) is 0 Å². The zero-order valence-electron chi connectivity index (χ0n) is 10.2. The maximum Gasteiger partial charge on any atom is 0.243 e. The van der Waals surface area contributed by atoms with Crippen molar-refractivity contribution in [2.24, 2.45) is 5.41 Å². The molecule has 2 unspecified atom stereocenters. The van der Waals surface area contributed by atoms with Gasteiger partial charge in [0, 0.05) is 25.2 Å². The Labute approximate surface area is 96.8 Å². The molecule has 0 N–H and O–H groups in total. The Kier molecular flexibility index (Phi) is 2.67. The van der Waals surface area contributed by atoms with Gasteiger partial charge in [0.1, 0.15) is 5.41 Å². The first kappa shape index (κ1) is 11.4. The molecule has 0 bridgehead atoms. The Morgan fingerprint density at radius 1 is 1.31 bits per heavy atom. The number of likely N-dealkylation sites (N-methyl/N-ethyl adjacent to an activating group) is 1. The van der Waals surface area contributed by atoms with Gasteiger partial charge in [-0.25, -0.2) is 0 Å². The van der Waals surface area contributed by atoms with E-state index >= 15 is 0 Å². The third kappa shape index (κ3) is 1.69. The van der Waals surface area contributed by atoms with Crippen LogP contribution in [0.4, 0.5) is 0 Å². The van der Waals surface area contributed by atoms with Crippen LogP contribution >= 0.6 is 0 Å². The SMILES string of the molecule is CC1CN(C(=O)C2(C#N)CC2)CC(C)N1C. The predicted octanol–water partition coefficient (Wildman–Crippen LogP) is 0.841. The molecular formula is C12H19N3O. The first-order valence-corrected chi connectivity index (χ1v) is 5.93. The van der Waals surface area contributed by atoms with Crippen LogP contribution in [0.25, 0.3) is 0 Å². The van der Waals surface area contributed by atoms with Gasteiger partial charge in [0.15, 0.2) is 0 Å². The average molecular weight is 221 g/mol. The topological polar surface area (TPSA) is 47.3 Å². The average Bonchev–Trinajstić information content (AvgIpc) is 3.05. The number of nitriles is 1. The van der Waals surface area contributed by atoms with E-state index in [0.29, 0.717) is 12.1 Å². The Hall–Kier alpha value is -1.08. The third-order valence-electron chi connectivity index (χ3n) is 4.02. The van der Waals surface area contributed by atoms with Crippen molar-refractivity contribution < 1.29 is 4.79 Å². The highest BCUT2D eigenvalue weighted by Crippen LogP contribution is 2.46. The Morgan fingerprint density at radius 3 is 2.19 bits per heavy atom. The van der Waals surface area contributed by atoms with Crippen molar-refractivity contribution in [1.29, 1.82) is 5.26 Å². The van der Waals surface area contributed by atoms with Crippen molar-refractivity contribution in [3.63, 3.8) is 0 Å². The first-order valence-electron chi connectivity index (χ1n) is 5.93.